The fourth-order valence-electron chi connectivity index (χ4n) is 15.8. The molecule has 0 bridgehead atoms. The molecule has 0 radical (unpaired) electrons. The zero-order valence-electron chi connectivity index (χ0n) is 76.8. The molecule has 0 atom stereocenters. The number of ether oxygens (including phenoxy) is 5. The Morgan fingerprint density at radius 3 is 0.887 bits per heavy atom. The number of anilines is 4. The fourth-order valence-corrected chi connectivity index (χ4v) is 15.8. The van der Waals surface area contributed by atoms with Gasteiger partial charge in [0, 0.05) is 187 Å². The number of nitrogens with zero attached hydrogens (tertiary/aromatic N) is 27. The molecule has 36 nitrogen and oxygen atoms in total. The lowest BCUT2D eigenvalue weighted by Crippen LogP contribution is -2.50. The highest BCUT2D eigenvalue weighted by Crippen LogP contribution is 2.32. The van der Waals surface area contributed by atoms with Crippen molar-refractivity contribution in [3.05, 3.63) is 268 Å². The molecule has 0 saturated carbocycles. The van der Waals surface area contributed by atoms with E-state index in [4.69, 9.17) is 4.74 Å². The van der Waals surface area contributed by atoms with Crippen LogP contribution in [-0.4, -0.2) is 275 Å². The Hall–Kier alpha value is -17.0. The Kier molecular flexibility index (Phi) is 32.7. The topological polar surface area (TPSA) is 353 Å². The van der Waals surface area contributed by atoms with E-state index in [0.717, 1.165) is 28.3 Å². The van der Waals surface area contributed by atoms with Gasteiger partial charge in [0.15, 0.2) is 40.8 Å². The Morgan fingerprint density at radius 2 is 0.585 bits per heavy atom. The molecule has 4 fully saturated rings. The number of benzene rings is 7. The first-order chi connectivity index (χ1) is 69.2. The van der Waals surface area contributed by atoms with Gasteiger partial charge < -0.3 is 62.9 Å². The van der Waals surface area contributed by atoms with E-state index < -0.39 is 26.4 Å². The van der Waals surface area contributed by atoms with Crippen molar-refractivity contribution in [1.29, 1.82) is 0 Å². The number of rotatable bonds is 29. The molecular weight excluding hydrogens is 1850 g/mol. The van der Waals surface area contributed by atoms with E-state index in [2.05, 4.69) is 109 Å². The van der Waals surface area contributed by atoms with Crippen LogP contribution in [0.4, 0.5) is 58.7 Å². The molecule has 4 amide bonds. The van der Waals surface area contributed by atoms with Crippen molar-refractivity contribution in [3.8, 4) is 109 Å². The Bertz CT molecular complexity index is 6370. The number of piperazine rings is 4. The number of hydrogen-bond acceptors (Lipinski definition) is 28. The van der Waals surface area contributed by atoms with Crippen molar-refractivity contribution in [3.63, 3.8) is 0 Å². The SMILES string of the molecule is CCc1nc(-c2ccc(OC(F)F)cc2)nn1CC(=O)N1CCN(c2ncccn2)CC1.COc1cc(N2CCN(C(=O)Cn3nc(-c4ccc(OC(F)F)cc4)nc3-c3ccccc3)CC2)ncn1.O=C(Cn1nc(-c2ccc(OC(F)F)cc2)nc1-c1ccccc1)N1CCN(c2ccccn2)CC1.O=C(Cn1nc(-c2ccc(OC(F)F)cc2)nc1-c1ccccc1)N1CCN(c2ncccn2)CC1. The van der Waals surface area contributed by atoms with Gasteiger partial charge in [-0.2, -0.15) is 40.2 Å². The zero-order chi connectivity index (χ0) is 98.8. The third-order valence-electron chi connectivity index (χ3n) is 23.0. The number of carbonyl (C=O) groups excluding carboxylic acids is 4. The molecule has 7 aromatic carbocycles. The van der Waals surface area contributed by atoms with E-state index in [1.54, 1.807) is 138 Å². The van der Waals surface area contributed by atoms with Gasteiger partial charge in [0.25, 0.3) is 0 Å². The molecule has 732 valence electrons. The van der Waals surface area contributed by atoms with Crippen LogP contribution < -0.4 is 43.3 Å². The predicted octanol–water partition coefficient (Wildman–Crippen LogP) is 12.9. The first-order valence-electron chi connectivity index (χ1n) is 45.2. The second-order valence-electron chi connectivity index (χ2n) is 32.0. The smallest absolute Gasteiger partial charge is 0.387 e. The normalized spacial score (nSPS) is 13.8. The first-order valence-corrected chi connectivity index (χ1v) is 45.2. The summed E-state index contributed by atoms with van der Waals surface area (Å²) >= 11 is 0. The molecule has 0 unspecified atom stereocenters. The molecule has 12 heterocycles. The number of halogens is 8. The standard InChI is InChI=1S/C26H25F2N7O3.C26H24F2N6O2.C25H23F2N7O2.C21H23F2N7O2/c1-37-22-15-21(29-17-30-22)33-11-13-34(14-12-33)23(36)16-35-25(19-5-3-2-4-6-19)31-24(32-35)18-7-9-20(10-8-18)38-26(27)28;27-26(28)36-21-11-9-19(10-12-21)24-30-25(20-6-2-1-3-7-20)34(31-24)18-23(35)33-16-14-32(15-17-33)22-8-4-5-13-29-22;26-24(27)36-20-9-7-18(8-10-20)22-30-23(19-5-2-1-3-6-19)34(31-22)17-21(35)32-13-15-33(16-14-32)25-28-11-4-12-29-25;1-2-17-26-19(15-4-6-16(7-5-15)32-20(22)23)27-30(17)14-18(31)28-10-12-29(13-11-28)21-24-8-3-9-25-21/h2-10,15,17,26H,11-14,16H2,1H3;1-13,26H,14-18H2;1-12,24H,13-17H2;3-9,20H,2,10-14H2,1H3. The van der Waals surface area contributed by atoms with E-state index in [0.29, 0.717) is 198 Å². The van der Waals surface area contributed by atoms with Crippen LogP contribution in [0.2, 0.25) is 0 Å². The van der Waals surface area contributed by atoms with Gasteiger partial charge in [0.1, 0.15) is 73.0 Å². The van der Waals surface area contributed by atoms with Gasteiger partial charge >= 0.3 is 26.4 Å². The Labute approximate surface area is 808 Å². The quantitative estimate of drug-likeness (QED) is 0.0393. The maximum absolute atomic E-state index is 13.3. The van der Waals surface area contributed by atoms with Crippen molar-refractivity contribution < 1.29 is 78.0 Å². The third-order valence-corrected chi connectivity index (χ3v) is 23.0. The van der Waals surface area contributed by atoms with Gasteiger partial charge in [-0.05, 0) is 121 Å². The predicted molar refractivity (Wildman–Crippen MR) is 506 cm³/mol. The number of hydrogen-bond donors (Lipinski definition) is 0. The van der Waals surface area contributed by atoms with Crippen LogP contribution in [0.5, 0.6) is 28.9 Å². The van der Waals surface area contributed by atoms with Crippen molar-refractivity contribution in [2.75, 3.05) is 131 Å². The van der Waals surface area contributed by atoms with Gasteiger partial charge in [-0.15, -0.1) is 15.3 Å². The monoisotopic (exact) mass is 1950 g/mol. The van der Waals surface area contributed by atoms with Gasteiger partial charge in [0.2, 0.25) is 41.4 Å². The summed E-state index contributed by atoms with van der Waals surface area (Å²) in [6.45, 7) is 0.206. The van der Waals surface area contributed by atoms with E-state index in [1.165, 1.54) is 54.9 Å². The summed E-state index contributed by atoms with van der Waals surface area (Å²) in [6, 6.07) is 63.9. The summed E-state index contributed by atoms with van der Waals surface area (Å²) < 4.78 is 129. The fraction of sp³-hybridized carbons (Fsp3) is 0.276. The third kappa shape index (κ3) is 26.1. The average Bonchev–Trinajstić information content (AvgIpc) is 1.67. The van der Waals surface area contributed by atoms with Crippen LogP contribution in [0.15, 0.2) is 262 Å². The highest BCUT2D eigenvalue weighted by Gasteiger charge is 2.31. The number of amides is 4. The number of aryl methyl sites for hydroxylation is 1. The molecule has 142 heavy (non-hydrogen) atoms. The van der Waals surface area contributed by atoms with Crippen molar-refractivity contribution in [2.24, 2.45) is 0 Å². The second kappa shape index (κ2) is 47.4. The zero-order valence-corrected chi connectivity index (χ0v) is 76.8. The lowest BCUT2D eigenvalue weighted by Gasteiger charge is -2.35. The Balaban J connectivity index is 0.000000136. The molecule has 0 aliphatic carbocycles. The van der Waals surface area contributed by atoms with Crippen LogP contribution in [0.1, 0.15) is 12.7 Å². The highest BCUT2D eigenvalue weighted by molar-refractivity contribution is 5.80. The summed E-state index contributed by atoms with van der Waals surface area (Å²) in [5, 5.41) is 18.2. The number of methoxy groups -OCH3 is 1. The summed E-state index contributed by atoms with van der Waals surface area (Å²) in [4.78, 5) is 116. The van der Waals surface area contributed by atoms with Gasteiger partial charge in [-0.1, -0.05) is 104 Å². The molecule has 15 aromatic rings. The number of alkyl halides is 8. The maximum atomic E-state index is 13.3. The van der Waals surface area contributed by atoms with Crippen molar-refractivity contribution >= 4 is 47.2 Å². The average molecular weight is 1950 g/mol. The lowest BCUT2D eigenvalue weighted by atomic mass is 10.2. The van der Waals surface area contributed by atoms with Crippen LogP contribution in [0.3, 0.4) is 0 Å². The number of carbonyl (C=O) groups is 4. The summed E-state index contributed by atoms with van der Waals surface area (Å²) in [5.74, 6) is 7.33. The van der Waals surface area contributed by atoms with Crippen molar-refractivity contribution in [2.45, 2.75) is 66.0 Å². The molecule has 0 N–H and O–H groups in total. The molecule has 19 rings (SSSR count). The summed E-state index contributed by atoms with van der Waals surface area (Å²) in [7, 11) is 1.55. The lowest BCUT2D eigenvalue weighted by molar-refractivity contribution is -0.133. The second-order valence-corrected chi connectivity index (χ2v) is 32.0. The van der Waals surface area contributed by atoms with E-state index in [9.17, 15) is 54.3 Å². The van der Waals surface area contributed by atoms with Crippen LogP contribution in [0.25, 0.3) is 79.7 Å². The molecule has 4 aliphatic heterocycles. The summed E-state index contributed by atoms with van der Waals surface area (Å²) in [6.07, 6.45) is 10.6. The molecule has 8 aromatic heterocycles. The van der Waals surface area contributed by atoms with Gasteiger partial charge in [-0.3, -0.25) is 19.2 Å². The van der Waals surface area contributed by atoms with Crippen LogP contribution in [0, 0.1) is 0 Å². The molecule has 4 aliphatic rings. The Morgan fingerprint density at radius 1 is 0.296 bits per heavy atom. The van der Waals surface area contributed by atoms with Gasteiger partial charge in [-0.25, -0.2) is 73.6 Å². The minimum Gasteiger partial charge on any atom is -0.481 e. The van der Waals surface area contributed by atoms with Crippen molar-refractivity contribution in [1.82, 2.24) is 114 Å². The summed E-state index contributed by atoms with van der Waals surface area (Å²) in [5.41, 5.74) is 4.96. The minimum atomic E-state index is -2.90. The minimum absolute atomic E-state index is 0.00509. The number of aromatic nitrogens is 19. The van der Waals surface area contributed by atoms with E-state index in [-0.39, 0.29) is 72.8 Å². The molecule has 4 saturated heterocycles. The van der Waals surface area contributed by atoms with Crippen LogP contribution >= 0.6 is 0 Å². The molecule has 44 heteroatoms. The first kappa shape index (κ1) is 98.1. The largest absolute Gasteiger partial charge is 0.481 e. The maximum Gasteiger partial charge on any atom is 0.387 e. The van der Waals surface area contributed by atoms with E-state index >= 15 is 0 Å². The number of pyridine rings is 1. The molecular formula is C98H95F8N27O9. The van der Waals surface area contributed by atoms with E-state index in [1.807, 2.05) is 126 Å². The highest BCUT2D eigenvalue weighted by atomic mass is 19.3. The molecule has 0 spiro atoms. The van der Waals surface area contributed by atoms with Gasteiger partial charge in [0.05, 0.1) is 7.11 Å². The van der Waals surface area contributed by atoms with Crippen LogP contribution in [-0.2, 0) is 51.8 Å².